The molecule has 1 unspecified atom stereocenters. The van der Waals surface area contributed by atoms with Gasteiger partial charge in [0.05, 0.1) is 6.04 Å². The molecule has 1 atom stereocenters. The first-order valence-corrected chi connectivity index (χ1v) is 5.96. The average molecular weight is 217 g/mol. The van der Waals surface area contributed by atoms with Gasteiger partial charge < -0.3 is 0 Å². The number of aryl methyl sites for hydroxylation is 1. The molecule has 2 nitrogen and oxygen atoms in total. The zero-order chi connectivity index (χ0) is 11.5. The van der Waals surface area contributed by atoms with Crippen LogP contribution in [-0.4, -0.2) is 23.8 Å². The zero-order valence-corrected chi connectivity index (χ0v) is 10.1. The number of hydrogen-bond donors (Lipinski definition) is 0. The van der Waals surface area contributed by atoms with E-state index < -0.39 is 0 Å². The Balaban J connectivity index is 2.04. The van der Waals surface area contributed by atoms with Crippen LogP contribution in [0, 0.1) is 6.92 Å². The second-order valence-corrected chi connectivity index (χ2v) is 4.72. The third-order valence-electron chi connectivity index (χ3n) is 3.49. The Kier molecular flexibility index (Phi) is 3.39. The van der Waals surface area contributed by atoms with Gasteiger partial charge in [-0.25, -0.2) is 0 Å². The molecule has 0 amide bonds. The molecule has 16 heavy (non-hydrogen) atoms. The minimum absolute atomic E-state index is 0.152. The van der Waals surface area contributed by atoms with E-state index in [0.717, 1.165) is 25.8 Å². The molecular weight excluding hydrogens is 198 g/mol. The van der Waals surface area contributed by atoms with Gasteiger partial charge in [-0.2, -0.15) is 0 Å². The molecule has 1 aromatic carbocycles. The van der Waals surface area contributed by atoms with Crippen LogP contribution in [-0.2, 0) is 11.3 Å². The lowest BCUT2D eigenvalue weighted by atomic mass is 10.1. The van der Waals surface area contributed by atoms with Crippen molar-refractivity contribution in [1.82, 2.24) is 4.90 Å². The monoisotopic (exact) mass is 217 g/mol. The zero-order valence-electron chi connectivity index (χ0n) is 10.1. The lowest BCUT2D eigenvalue weighted by Crippen LogP contribution is -2.34. The largest absolute Gasteiger partial charge is 0.298 e. The molecule has 0 spiro atoms. The van der Waals surface area contributed by atoms with Crippen LogP contribution < -0.4 is 0 Å². The molecule has 2 heteroatoms. The smallest absolute Gasteiger partial charge is 0.149 e. The van der Waals surface area contributed by atoms with Gasteiger partial charge in [-0.3, -0.25) is 9.69 Å². The summed E-state index contributed by atoms with van der Waals surface area (Å²) < 4.78 is 0. The first kappa shape index (κ1) is 11.3. The third kappa shape index (κ3) is 2.33. The van der Waals surface area contributed by atoms with Crippen molar-refractivity contribution in [1.29, 1.82) is 0 Å². The second-order valence-electron chi connectivity index (χ2n) is 4.72. The fourth-order valence-electron chi connectivity index (χ4n) is 2.43. The molecule has 1 aliphatic carbocycles. The number of nitrogens with zero attached hydrogens (tertiary/aromatic N) is 1. The summed E-state index contributed by atoms with van der Waals surface area (Å²) >= 11 is 0. The SMILES string of the molecule is Cc1ccccc1CN(C)C1CCCC1=O. The van der Waals surface area contributed by atoms with E-state index in [9.17, 15) is 4.79 Å². The number of rotatable bonds is 3. The molecule has 0 aromatic heterocycles. The average Bonchev–Trinajstić information content (AvgIpc) is 2.68. The summed E-state index contributed by atoms with van der Waals surface area (Å²) in [7, 11) is 2.06. The van der Waals surface area contributed by atoms with Crippen LogP contribution in [0.1, 0.15) is 30.4 Å². The standard InChI is InChI=1S/C14H19NO/c1-11-6-3-4-7-12(11)10-15(2)13-8-5-9-14(13)16/h3-4,6-7,13H,5,8-10H2,1-2H3. The molecule has 0 N–H and O–H groups in total. The molecule has 1 aromatic rings. The van der Waals surface area contributed by atoms with Crippen molar-refractivity contribution in [2.75, 3.05) is 7.05 Å². The molecule has 1 saturated carbocycles. The van der Waals surface area contributed by atoms with E-state index in [0.29, 0.717) is 5.78 Å². The number of carbonyl (C=O) groups is 1. The van der Waals surface area contributed by atoms with Gasteiger partial charge >= 0.3 is 0 Å². The normalized spacial score (nSPS) is 20.7. The molecule has 0 heterocycles. The summed E-state index contributed by atoms with van der Waals surface area (Å²) in [4.78, 5) is 13.8. The quantitative estimate of drug-likeness (QED) is 0.775. The first-order chi connectivity index (χ1) is 7.68. The number of hydrogen-bond acceptors (Lipinski definition) is 2. The molecular formula is C14H19NO. The second kappa shape index (κ2) is 4.79. The Hall–Kier alpha value is -1.15. The molecule has 0 aliphatic heterocycles. The van der Waals surface area contributed by atoms with Gasteiger partial charge in [-0.05, 0) is 37.9 Å². The molecule has 86 valence electrons. The summed E-state index contributed by atoms with van der Waals surface area (Å²) in [6.07, 6.45) is 2.85. The molecule has 2 rings (SSSR count). The van der Waals surface area contributed by atoms with Crippen LogP contribution in [0.25, 0.3) is 0 Å². The van der Waals surface area contributed by atoms with Gasteiger partial charge in [0.1, 0.15) is 5.78 Å². The molecule has 0 saturated heterocycles. The minimum atomic E-state index is 0.152. The van der Waals surface area contributed by atoms with E-state index in [2.05, 4.69) is 43.1 Å². The van der Waals surface area contributed by atoms with Crippen LogP contribution in [0.15, 0.2) is 24.3 Å². The minimum Gasteiger partial charge on any atom is -0.298 e. The van der Waals surface area contributed by atoms with Gasteiger partial charge in [0, 0.05) is 13.0 Å². The van der Waals surface area contributed by atoms with Crippen molar-refractivity contribution in [3.05, 3.63) is 35.4 Å². The van der Waals surface area contributed by atoms with E-state index in [-0.39, 0.29) is 6.04 Å². The van der Waals surface area contributed by atoms with Crippen LogP contribution >= 0.6 is 0 Å². The van der Waals surface area contributed by atoms with Crippen molar-refractivity contribution < 1.29 is 4.79 Å². The highest BCUT2D eigenvalue weighted by atomic mass is 16.1. The summed E-state index contributed by atoms with van der Waals surface area (Å²) in [6, 6.07) is 8.54. The predicted octanol–water partition coefficient (Wildman–Crippen LogP) is 2.55. The molecule has 0 radical (unpaired) electrons. The van der Waals surface area contributed by atoms with Crippen molar-refractivity contribution >= 4 is 5.78 Å². The highest BCUT2D eigenvalue weighted by Crippen LogP contribution is 2.21. The van der Waals surface area contributed by atoms with E-state index in [1.54, 1.807) is 0 Å². The lowest BCUT2D eigenvalue weighted by molar-refractivity contribution is -0.121. The predicted molar refractivity (Wildman–Crippen MR) is 65.3 cm³/mol. The molecule has 1 fully saturated rings. The van der Waals surface area contributed by atoms with Crippen molar-refractivity contribution in [3.63, 3.8) is 0 Å². The van der Waals surface area contributed by atoms with Crippen molar-refractivity contribution in [2.45, 2.75) is 38.8 Å². The molecule has 1 aliphatic rings. The summed E-state index contributed by atoms with van der Waals surface area (Å²) in [5.74, 6) is 0.413. The van der Waals surface area contributed by atoms with Crippen molar-refractivity contribution in [3.8, 4) is 0 Å². The Bertz CT molecular complexity index is 386. The van der Waals surface area contributed by atoms with E-state index in [4.69, 9.17) is 0 Å². The first-order valence-electron chi connectivity index (χ1n) is 5.96. The fourth-order valence-corrected chi connectivity index (χ4v) is 2.43. The Morgan fingerprint density at radius 1 is 1.38 bits per heavy atom. The van der Waals surface area contributed by atoms with Crippen LogP contribution in [0.2, 0.25) is 0 Å². The highest BCUT2D eigenvalue weighted by Gasteiger charge is 2.27. The Labute approximate surface area is 97.3 Å². The van der Waals surface area contributed by atoms with E-state index >= 15 is 0 Å². The van der Waals surface area contributed by atoms with Crippen molar-refractivity contribution in [2.24, 2.45) is 0 Å². The van der Waals surface area contributed by atoms with Crippen LogP contribution in [0.5, 0.6) is 0 Å². The Morgan fingerprint density at radius 2 is 2.12 bits per heavy atom. The maximum Gasteiger partial charge on any atom is 0.149 e. The van der Waals surface area contributed by atoms with Gasteiger partial charge in [0.15, 0.2) is 0 Å². The van der Waals surface area contributed by atoms with E-state index in [1.165, 1.54) is 11.1 Å². The highest BCUT2D eigenvalue weighted by molar-refractivity contribution is 5.85. The maximum absolute atomic E-state index is 11.6. The molecule has 0 bridgehead atoms. The Morgan fingerprint density at radius 3 is 2.75 bits per heavy atom. The van der Waals surface area contributed by atoms with Crippen LogP contribution in [0.4, 0.5) is 0 Å². The number of ketones is 1. The topological polar surface area (TPSA) is 20.3 Å². The van der Waals surface area contributed by atoms with Gasteiger partial charge in [0.2, 0.25) is 0 Å². The van der Waals surface area contributed by atoms with Gasteiger partial charge in [-0.15, -0.1) is 0 Å². The number of carbonyl (C=O) groups excluding carboxylic acids is 1. The summed E-state index contributed by atoms with van der Waals surface area (Å²) in [5, 5.41) is 0. The maximum atomic E-state index is 11.6. The lowest BCUT2D eigenvalue weighted by Gasteiger charge is -2.23. The van der Waals surface area contributed by atoms with E-state index in [1.807, 2.05) is 0 Å². The number of Topliss-reactive ketones (excluding diaryl/α,β-unsaturated/α-hetero) is 1. The summed E-state index contributed by atoms with van der Waals surface area (Å²) in [5.41, 5.74) is 2.63. The number of likely N-dealkylation sites (N-methyl/N-ethyl adjacent to an activating group) is 1. The van der Waals surface area contributed by atoms with Gasteiger partial charge in [-0.1, -0.05) is 24.3 Å². The van der Waals surface area contributed by atoms with Crippen LogP contribution in [0.3, 0.4) is 0 Å². The van der Waals surface area contributed by atoms with Gasteiger partial charge in [0.25, 0.3) is 0 Å². The number of benzene rings is 1. The summed E-state index contributed by atoms with van der Waals surface area (Å²) in [6.45, 7) is 3.00. The third-order valence-corrected chi connectivity index (χ3v) is 3.49. The fraction of sp³-hybridized carbons (Fsp3) is 0.500.